The first-order valence-electron chi connectivity index (χ1n) is 8.05. The minimum Gasteiger partial charge on any atom is -0.356 e. The first kappa shape index (κ1) is 16.1. The molecule has 0 saturated carbocycles. The van der Waals surface area contributed by atoms with Crippen molar-refractivity contribution in [2.24, 2.45) is 0 Å². The number of carbonyl (C=O) groups is 1. The largest absolute Gasteiger partial charge is 0.356 e. The summed E-state index contributed by atoms with van der Waals surface area (Å²) in [6, 6.07) is 9.24. The molecule has 6 nitrogen and oxygen atoms in total. The zero-order chi connectivity index (χ0) is 17.4. The van der Waals surface area contributed by atoms with Crippen molar-refractivity contribution in [3.8, 4) is 0 Å². The molecule has 3 aromatic rings. The number of hydrogen-bond acceptors (Lipinski definition) is 5. The molecule has 0 unspecified atom stereocenters. The Labute approximate surface area is 150 Å². The van der Waals surface area contributed by atoms with Gasteiger partial charge in [-0.15, -0.1) is 0 Å². The highest BCUT2D eigenvalue weighted by atomic mass is 35.5. The van der Waals surface area contributed by atoms with Crippen molar-refractivity contribution in [1.82, 2.24) is 19.9 Å². The van der Waals surface area contributed by atoms with Crippen LogP contribution >= 0.6 is 11.6 Å². The van der Waals surface area contributed by atoms with Gasteiger partial charge in [-0.1, -0.05) is 16.8 Å². The average Bonchev–Trinajstić information content (AvgIpc) is 2.99. The predicted octanol–water partition coefficient (Wildman–Crippen LogP) is 2.83. The summed E-state index contributed by atoms with van der Waals surface area (Å²) >= 11 is 6.06. The van der Waals surface area contributed by atoms with Gasteiger partial charge in [0.1, 0.15) is 5.69 Å². The van der Waals surface area contributed by atoms with E-state index in [-0.39, 0.29) is 11.9 Å². The SMILES string of the molecule is CN(C(=O)c1cccnc1)C1CN(Cc2noc3ccc(Cl)cc23)C1. The number of carbonyl (C=O) groups excluding carboxylic acids is 1. The van der Waals surface area contributed by atoms with E-state index in [0.717, 1.165) is 29.8 Å². The van der Waals surface area contributed by atoms with Gasteiger partial charge in [-0.05, 0) is 30.3 Å². The van der Waals surface area contributed by atoms with Crippen LogP contribution in [0.5, 0.6) is 0 Å². The number of amides is 1. The van der Waals surface area contributed by atoms with E-state index in [0.29, 0.717) is 17.1 Å². The Morgan fingerprint density at radius 1 is 1.40 bits per heavy atom. The average molecular weight is 357 g/mol. The van der Waals surface area contributed by atoms with Gasteiger partial charge in [0, 0.05) is 49.5 Å². The summed E-state index contributed by atoms with van der Waals surface area (Å²) < 4.78 is 5.34. The van der Waals surface area contributed by atoms with Crippen molar-refractivity contribution in [3.63, 3.8) is 0 Å². The van der Waals surface area contributed by atoms with E-state index in [9.17, 15) is 4.79 Å². The van der Waals surface area contributed by atoms with E-state index >= 15 is 0 Å². The van der Waals surface area contributed by atoms with E-state index < -0.39 is 0 Å². The molecule has 0 aliphatic carbocycles. The Hall–Kier alpha value is -2.44. The van der Waals surface area contributed by atoms with E-state index in [1.54, 1.807) is 35.5 Å². The standard InChI is InChI=1S/C18H17ClN4O2/c1-22(18(24)12-3-2-6-20-8-12)14-9-23(10-14)11-16-15-7-13(19)4-5-17(15)25-21-16/h2-8,14H,9-11H2,1H3. The first-order chi connectivity index (χ1) is 12.1. The highest BCUT2D eigenvalue weighted by molar-refractivity contribution is 6.31. The lowest BCUT2D eigenvalue weighted by Gasteiger charge is -2.43. The van der Waals surface area contributed by atoms with Gasteiger partial charge in [-0.25, -0.2) is 0 Å². The maximum atomic E-state index is 12.4. The third-order valence-corrected chi connectivity index (χ3v) is 4.83. The van der Waals surface area contributed by atoms with E-state index in [4.69, 9.17) is 16.1 Å². The highest BCUT2D eigenvalue weighted by Gasteiger charge is 2.33. The summed E-state index contributed by atoms with van der Waals surface area (Å²) in [4.78, 5) is 20.5. The molecule has 2 aromatic heterocycles. The lowest BCUT2D eigenvalue weighted by molar-refractivity contribution is 0.0327. The number of likely N-dealkylation sites (tertiary alicyclic amines) is 1. The van der Waals surface area contributed by atoms with Crippen molar-refractivity contribution in [3.05, 3.63) is 59.0 Å². The molecule has 0 radical (unpaired) electrons. The summed E-state index contributed by atoms with van der Waals surface area (Å²) in [6.07, 6.45) is 3.26. The van der Waals surface area contributed by atoms with Crippen LogP contribution in [0.3, 0.4) is 0 Å². The van der Waals surface area contributed by atoms with Gasteiger partial charge >= 0.3 is 0 Å². The second-order valence-corrected chi connectivity index (χ2v) is 6.71. The Kier molecular flexibility index (Phi) is 4.15. The molecule has 0 spiro atoms. The number of pyridine rings is 1. The normalized spacial score (nSPS) is 15.3. The fourth-order valence-corrected chi connectivity index (χ4v) is 3.23. The molecule has 7 heteroatoms. The quantitative estimate of drug-likeness (QED) is 0.719. The van der Waals surface area contributed by atoms with Crippen molar-refractivity contribution < 1.29 is 9.32 Å². The summed E-state index contributed by atoms with van der Waals surface area (Å²) in [5, 5.41) is 5.75. The van der Waals surface area contributed by atoms with Crippen LogP contribution in [0.4, 0.5) is 0 Å². The number of benzene rings is 1. The van der Waals surface area contributed by atoms with Crippen LogP contribution in [0.15, 0.2) is 47.2 Å². The molecule has 128 valence electrons. The van der Waals surface area contributed by atoms with Gasteiger partial charge in [0.05, 0.1) is 11.6 Å². The molecule has 1 aliphatic heterocycles. The summed E-state index contributed by atoms with van der Waals surface area (Å²) in [5.41, 5.74) is 2.22. The molecular weight excluding hydrogens is 340 g/mol. The number of fused-ring (bicyclic) bond motifs is 1. The first-order valence-corrected chi connectivity index (χ1v) is 8.43. The third-order valence-electron chi connectivity index (χ3n) is 4.59. The van der Waals surface area contributed by atoms with Crippen LogP contribution in [0.25, 0.3) is 11.0 Å². The van der Waals surface area contributed by atoms with Crippen LogP contribution in [-0.2, 0) is 6.54 Å². The van der Waals surface area contributed by atoms with Crippen molar-refractivity contribution in [1.29, 1.82) is 0 Å². The van der Waals surface area contributed by atoms with Gasteiger partial charge in [-0.3, -0.25) is 14.7 Å². The number of rotatable bonds is 4. The van der Waals surface area contributed by atoms with Crippen LogP contribution in [0.1, 0.15) is 16.1 Å². The van der Waals surface area contributed by atoms with Crippen LogP contribution in [-0.4, -0.2) is 52.0 Å². The van der Waals surface area contributed by atoms with Crippen LogP contribution in [0.2, 0.25) is 5.02 Å². The molecule has 0 atom stereocenters. The number of hydrogen-bond donors (Lipinski definition) is 0. The summed E-state index contributed by atoms with van der Waals surface area (Å²) in [5.74, 6) is -0.00332. The van der Waals surface area contributed by atoms with Crippen LogP contribution < -0.4 is 0 Å². The van der Waals surface area contributed by atoms with E-state index in [2.05, 4.69) is 15.0 Å². The lowest BCUT2D eigenvalue weighted by Crippen LogP contribution is -2.59. The maximum Gasteiger partial charge on any atom is 0.255 e. The molecule has 0 bridgehead atoms. The van der Waals surface area contributed by atoms with Gasteiger partial charge in [0.2, 0.25) is 0 Å². The van der Waals surface area contributed by atoms with Crippen molar-refractivity contribution in [2.75, 3.05) is 20.1 Å². The molecule has 1 fully saturated rings. The topological polar surface area (TPSA) is 62.5 Å². The second kappa shape index (κ2) is 6.46. The molecule has 4 rings (SSSR count). The summed E-state index contributed by atoms with van der Waals surface area (Å²) in [7, 11) is 1.84. The molecule has 1 amide bonds. The molecule has 1 aromatic carbocycles. The highest BCUT2D eigenvalue weighted by Crippen LogP contribution is 2.25. The molecular formula is C18H17ClN4O2. The van der Waals surface area contributed by atoms with Crippen molar-refractivity contribution >= 4 is 28.5 Å². The van der Waals surface area contributed by atoms with E-state index in [1.165, 1.54) is 0 Å². The molecule has 1 aliphatic rings. The Morgan fingerprint density at radius 2 is 2.24 bits per heavy atom. The maximum absolute atomic E-state index is 12.4. The fourth-order valence-electron chi connectivity index (χ4n) is 3.06. The van der Waals surface area contributed by atoms with Gasteiger partial charge in [0.25, 0.3) is 5.91 Å². The smallest absolute Gasteiger partial charge is 0.255 e. The lowest BCUT2D eigenvalue weighted by atomic mass is 10.1. The number of nitrogens with zero attached hydrogens (tertiary/aromatic N) is 4. The molecule has 25 heavy (non-hydrogen) atoms. The summed E-state index contributed by atoms with van der Waals surface area (Å²) in [6.45, 7) is 2.29. The minimum absolute atomic E-state index is 0.00332. The minimum atomic E-state index is -0.00332. The zero-order valence-electron chi connectivity index (χ0n) is 13.7. The zero-order valence-corrected chi connectivity index (χ0v) is 14.5. The Balaban J connectivity index is 1.38. The van der Waals surface area contributed by atoms with Crippen molar-refractivity contribution in [2.45, 2.75) is 12.6 Å². The molecule has 1 saturated heterocycles. The monoisotopic (exact) mass is 356 g/mol. The Bertz CT molecular complexity index is 906. The van der Waals surface area contributed by atoms with Gasteiger partial charge in [0.15, 0.2) is 5.58 Å². The van der Waals surface area contributed by atoms with Crippen LogP contribution in [0, 0.1) is 0 Å². The van der Waals surface area contributed by atoms with E-state index in [1.807, 2.05) is 19.2 Å². The number of likely N-dealkylation sites (N-methyl/N-ethyl adjacent to an activating group) is 1. The second-order valence-electron chi connectivity index (χ2n) is 6.28. The predicted molar refractivity (Wildman–Crippen MR) is 94.4 cm³/mol. The van der Waals surface area contributed by atoms with Gasteiger partial charge < -0.3 is 9.42 Å². The third kappa shape index (κ3) is 3.10. The van der Waals surface area contributed by atoms with Gasteiger partial charge in [-0.2, -0.15) is 0 Å². The molecule has 0 N–H and O–H groups in total. The fraction of sp³-hybridized carbons (Fsp3) is 0.278. The number of halogens is 1. The molecule has 3 heterocycles. The number of aromatic nitrogens is 2. The Morgan fingerprint density at radius 3 is 3.00 bits per heavy atom.